The Morgan fingerprint density at radius 1 is 1.03 bits per heavy atom. The van der Waals surface area contributed by atoms with Gasteiger partial charge in [-0.05, 0) is 70.0 Å². The average Bonchev–Trinajstić information content (AvgIpc) is 2.82. The molecular formula is C31H35N3O3. The van der Waals surface area contributed by atoms with E-state index >= 15 is 0 Å². The third-order valence-corrected chi connectivity index (χ3v) is 7.30. The number of carbonyl (C=O) groups excluding carboxylic acids is 2. The smallest absolute Gasteiger partial charge is 0.412 e. The van der Waals surface area contributed by atoms with Gasteiger partial charge in [0, 0.05) is 30.5 Å². The molecule has 0 unspecified atom stereocenters. The van der Waals surface area contributed by atoms with E-state index in [0.717, 1.165) is 31.0 Å². The molecule has 4 aliphatic rings. The molecule has 4 bridgehead atoms. The van der Waals surface area contributed by atoms with Crippen LogP contribution in [0.2, 0.25) is 0 Å². The fourth-order valence-electron chi connectivity index (χ4n) is 5.72. The molecule has 2 aromatic carbocycles. The Hall–Kier alpha value is -3.64. The van der Waals surface area contributed by atoms with Gasteiger partial charge in [-0.3, -0.25) is 10.1 Å². The number of benzene rings is 2. The van der Waals surface area contributed by atoms with Crippen LogP contribution in [0.1, 0.15) is 44.7 Å². The Morgan fingerprint density at radius 3 is 2.27 bits per heavy atom. The van der Waals surface area contributed by atoms with Crippen molar-refractivity contribution in [3.05, 3.63) is 89.0 Å². The Balaban J connectivity index is 1.13. The number of allylic oxidation sites excluding steroid dienone is 2. The standard InChI is InChI=1S/C31H35N3O3/c1-30(2,3)37-29(36)33-27-11-6-5-10-26(27)32-28(35)17-16-21-12-14-22(15-13-21)19-34(4)20-31-18-23-24(31)8-7-9-25(23)31/h5-6,8-17,23H,7,18-20H2,1-4H3,(H,32,35)(H,33,36)/b17-16+. The van der Waals surface area contributed by atoms with Crippen LogP contribution in [0.25, 0.3) is 6.08 Å². The quantitative estimate of drug-likeness (QED) is 0.327. The summed E-state index contributed by atoms with van der Waals surface area (Å²) in [5.41, 5.74) is 6.29. The minimum atomic E-state index is -0.610. The molecule has 2 aromatic rings. The molecule has 6 rings (SSSR count). The van der Waals surface area contributed by atoms with Gasteiger partial charge < -0.3 is 15.0 Å². The third-order valence-electron chi connectivity index (χ3n) is 7.30. The molecule has 3 saturated carbocycles. The predicted octanol–water partition coefficient (Wildman–Crippen LogP) is 6.39. The van der Waals surface area contributed by atoms with Gasteiger partial charge >= 0.3 is 6.09 Å². The van der Waals surface area contributed by atoms with Crippen LogP contribution in [0.15, 0.2) is 77.9 Å². The van der Waals surface area contributed by atoms with Crippen molar-refractivity contribution in [2.75, 3.05) is 24.2 Å². The first kappa shape index (κ1) is 25.0. The van der Waals surface area contributed by atoms with Crippen LogP contribution in [0.3, 0.4) is 0 Å². The lowest BCUT2D eigenvalue weighted by Crippen LogP contribution is -2.62. The molecule has 37 heavy (non-hydrogen) atoms. The van der Waals surface area contributed by atoms with Crippen LogP contribution < -0.4 is 10.6 Å². The summed E-state index contributed by atoms with van der Waals surface area (Å²) < 4.78 is 5.31. The number of nitrogens with zero attached hydrogens (tertiary/aromatic N) is 1. The predicted molar refractivity (Wildman–Crippen MR) is 148 cm³/mol. The molecule has 2 amide bonds. The number of hydrogen-bond acceptors (Lipinski definition) is 4. The molecule has 0 aromatic heterocycles. The highest BCUT2D eigenvalue weighted by Crippen LogP contribution is 2.74. The van der Waals surface area contributed by atoms with E-state index in [9.17, 15) is 9.59 Å². The molecule has 0 aliphatic heterocycles. The zero-order valence-corrected chi connectivity index (χ0v) is 22.0. The second-order valence-corrected chi connectivity index (χ2v) is 11.3. The third kappa shape index (κ3) is 5.25. The molecule has 0 radical (unpaired) electrons. The van der Waals surface area contributed by atoms with Crippen molar-refractivity contribution in [1.82, 2.24) is 4.90 Å². The number of anilines is 2. The van der Waals surface area contributed by atoms with E-state index in [4.69, 9.17) is 4.74 Å². The SMILES string of the molecule is CN(Cc1ccc(/C=C/C(=O)Nc2ccccc2NC(=O)OC(C)(C)C)cc1)CC12CC3C1=CCC=C32. The first-order valence-electron chi connectivity index (χ1n) is 12.9. The summed E-state index contributed by atoms with van der Waals surface area (Å²) in [6, 6.07) is 15.3. The molecule has 4 aliphatic carbocycles. The van der Waals surface area contributed by atoms with E-state index in [-0.39, 0.29) is 5.91 Å². The van der Waals surface area contributed by atoms with Gasteiger partial charge in [0.15, 0.2) is 0 Å². The highest BCUT2D eigenvalue weighted by atomic mass is 16.6. The van der Waals surface area contributed by atoms with E-state index in [1.165, 1.54) is 18.1 Å². The van der Waals surface area contributed by atoms with Gasteiger partial charge in [-0.25, -0.2) is 4.79 Å². The van der Waals surface area contributed by atoms with E-state index in [0.29, 0.717) is 16.8 Å². The first-order valence-corrected chi connectivity index (χ1v) is 12.9. The highest BCUT2D eigenvalue weighted by molar-refractivity contribution is 6.05. The number of para-hydroxylation sites is 2. The fourth-order valence-corrected chi connectivity index (χ4v) is 5.72. The number of hydrogen-bond donors (Lipinski definition) is 2. The van der Waals surface area contributed by atoms with Crippen LogP contribution in [0, 0.1) is 11.3 Å². The lowest BCUT2D eigenvalue weighted by atomic mass is 9.36. The molecule has 3 fully saturated rings. The van der Waals surface area contributed by atoms with Gasteiger partial charge in [-0.15, -0.1) is 0 Å². The van der Waals surface area contributed by atoms with Crippen molar-refractivity contribution in [2.45, 2.75) is 45.8 Å². The number of ether oxygens (including phenoxy) is 1. The highest BCUT2D eigenvalue weighted by Gasteiger charge is 2.65. The van der Waals surface area contributed by atoms with E-state index in [2.05, 4.69) is 46.9 Å². The molecular weight excluding hydrogens is 462 g/mol. The minimum Gasteiger partial charge on any atom is -0.444 e. The monoisotopic (exact) mass is 497 g/mol. The van der Waals surface area contributed by atoms with Gasteiger partial charge in [-0.2, -0.15) is 0 Å². The largest absolute Gasteiger partial charge is 0.444 e. The molecule has 6 heteroatoms. The molecule has 0 saturated heterocycles. The van der Waals surface area contributed by atoms with Crippen molar-refractivity contribution >= 4 is 29.5 Å². The van der Waals surface area contributed by atoms with Crippen LogP contribution in [0.4, 0.5) is 16.2 Å². The summed E-state index contributed by atoms with van der Waals surface area (Å²) in [6.45, 7) is 7.39. The average molecular weight is 498 g/mol. The van der Waals surface area contributed by atoms with Crippen LogP contribution >= 0.6 is 0 Å². The zero-order chi connectivity index (χ0) is 26.2. The minimum absolute atomic E-state index is 0.282. The molecule has 2 N–H and O–H groups in total. The van der Waals surface area contributed by atoms with E-state index in [1.807, 2.05) is 12.1 Å². The fraction of sp³-hybridized carbons (Fsp3) is 0.355. The summed E-state index contributed by atoms with van der Waals surface area (Å²) in [5, 5.41) is 5.52. The first-order chi connectivity index (χ1) is 17.6. The Kier molecular flexibility index (Phi) is 6.54. The molecule has 0 spiro atoms. The lowest BCUT2D eigenvalue weighted by molar-refractivity contribution is -0.111. The summed E-state index contributed by atoms with van der Waals surface area (Å²) >= 11 is 0. The van der Waals surface area contributed by atoms with Gasteiger partial charge in [0.25, 0.3) is 0 Å². The molecule has 0 heterocycles. The Morgan fingerprint density at radius 2 is 1.68 bits per heavy atom. The second-order valence-electron chi connectivity index (χ2n) is 11.3. The molecule has 0 atom stereocenters. The molecule has 6 nitrogen and oxygen atoms in total. The van der Waals surface area contributed by atoms with Crippen molar-refractivity contribution in [1.29, 1.82) is 0 Å². The normalized spacial score (nSPS) is 21.5. The number of rotatable bonds is 8. The number of nitrogens with one attached hydrogen (secondary N) is 2. The second kappa shape index (κ2) is 9.67. The molecule has 192 valence electrons. The zero-order valence-electron chi connectivity index (χ0n) is 22.0. The summed E-state index contributed by atoms with van der Waals surface area (Å²) in [4.78, 5) is 27.1. The maximum Gasteiger partial charge on any atom is 0.412 e. The van der Waals surface area contributed by atoms with Gasteiger partial charge in [0.2, 0.25) is 5.91 Å². The Labute approximate surface area is 219 Å². The Bertz CT molecular complexity index is 1280. The van der Waals surface area contributed by atoms with Crippen LogP contribution in [0.5, 0.6) is 0 Å². The number of amides is 2. The van der Waals surface area contributed by atoms with Crippen molar-refractivity contribution in [3.8, 4) is 0 Å². The van der Waals surface area contributed by atoms with Crippen molar-refractivity contribution in [2.24, 2.45) is 11.3 Å². The van der Waals surface area contributed by atoms with E-state index < -0.39 is 11.7 Å². The van der Waals surface area contributed by atoms with Crippen LogP contribution in [-0.4, -0.2) is 36.1 Å². The number of carbonyl (C=O) groups is 2. The summed E-state index contributed by atoms with van der Waals surface area (Å²) in [5.74, 6) is 0.495. The summed E-state index contributed by atoms with van der Waals surface area (Å²) in [6.07, 6.45) is 10.0. The van der Waals surface area contributed by atoms with Crippen molar-refractivity contribution in [3.63, 3.8) is 0 Å². The maximum absolute atomic E-state index is 12.6. The van der Waals surface area contributed by atoms with Crippen LogP contribution in [-0.2, 0) is 16.1 Å². The summed E-state index contributed by atoms with van der Waals surface area (Å²) in [7, 11) is 2.20. The lowest BCUT2D eigenvalue weighted by Gasteiger charge is -2.69. The van der Waals surface area contributed by atoms with Crippen molar-refractivity contribution < 1.29 is 14.3 Å². The van der Waals surface area contributed by atoms with Gasteiger partial charge in [0.05, 0.1) is 11.4 Å². The van der Waals surface area contributed by atoms with Gasteiger partial charge in [-0.1, -0.05) is 59.7 Å². The van der Waals surface area contributed by atoms with E-state index in [1.54, 1.807) is 62.3 Å². The van der Waals surface area contributed by atoms with Gasteiger partial charge in [0.1, 0.15) is 5.60 Å². The topological polar surface area (TPSA) is 70.7 Å². The maximum atomic E-state index is 12.6.